The first kappa shape index (κ1) is 14.6. The van der Waals surface area contributed by atoms with Gasteiger partial charge in [-0.3, -0.25) is 4.79 Å². The number of hydrogen-bond acceptors (Lipinski definition) is 3. The second kappa shape index (κ2) is 5.70. The Kier molecular flexibility index (Phi) is 4.17. The average Bonchev–Trinajstić information content (AvgIpc) is 3.11. The van der Waals surface area contributed by atoms with E-state index in [9.17, 15) is 18.0 Å². The SMILES string of the molecule is O=C(O)C(NCC1CC1)c1cccc(OC(F)(F)F)c1. The van der Waals surface area contributed by atoms with Crippen LogP contribution in [0, 0.1) is 5.92 Å². The van der Waals surface area contributed by atoms with Crippen molar-refractivity contribution in [3.8, 4) is 5.75 Å². The quantitative estimate of drug-likeness (QED) is 0.845. The molecule has 20 heavy (non-hydrogen) atoms. The monoisotopic (exact) mass is 289 g/mol. The molecule has 1 aliphatic rings. The van der Waals surface area contributed by atoms with Crippen LogP contribution in [0.1, 0.15) is 24.4 Å². The molecule has 1 fully saturated rings. The second-order valence-electron chi connectivity index (χ2n) is 4.74. The fraction of sp³-hybridized carbons (Fsp3) is 0.462. The van der Waals surface area contributed by atoms with Gasteiger partial charge in [0, 0.05) is 0 Å². The molecule has 1 unspecified atom stereocenters. The molecule has 0 bridgehead atoms. The first-order valence-corrected chi connectivity index (χ1v) is 6.17. The summed E-state index contributed by atoms with van der Waals surface area (Å²) >= 11 is 0. The minimum Gasteiger partial charge on any atom is -0.480 e. The van der Waals surface area contributed by atoms with E-state index in [-0.39, 0.29) is 5.56 Å². The third kappa shape index (κ3) is 4.41. The van der Waals surface area contributed by atoms with Gasteiger partial charge in [0.1, 0.15) is 11.8 Å². The van der Waals surface area contributed by atoms with Gasteiger partial charge >= 0.3 is 12.3 Å². The number of benzene rings is 1. The highest BCUT2D eigenvalue weighted by molar-refractivity contribution is 5.75. The molecule has 2 rings (SSSR count). The molecular weight excluding hydrogens is 275 g/mol. The molecule has 1 atom stereocenters. The number of nitrogens with one attached hydrogen (secondary N) is 1. The van der Waals surface area contributed by atoms with Gasteiger partial charge in [0.15, 0.2) is 0 Å². The van der Waals surface area contributed by atoms with E-state index in [0.29, 0.717) is 12.5 Å². The van der Waals surface area contributed by atoms with Crippen molar-refractivity contribution in [2.24, 2.45) is 5.92 Å². The molecule has 4 nitrogen and oxygen atoms in total. The number of carbonyl (C=O) groups is 1. The summed E-state index contributed by atoms with van der Waals surface area (Å²) in [5.41, 5.74) is 0.236. The molecule has 0 aliphatic heterocycles. The van der Waals surface area contributed by atoms with Crippen molar-refractivity contribution in [2.75, 3.05) is 6.54 Å². The Morgan fingerprint density at radius 1 is 1.45 bits per heavy atom. The summed E-state index contributed by atoms with van der Waals surface area (Å²) in [5.74, 6) is -1.09. The Hall–Kier alpha value is -1.76. The lowest BCUT2D eigenvalue weighted by atomic mass is 10.1. The van der Waals surface area contributed by atoms with E-state index in [0.717, 1.165) is 25.0 Å². The third-order valence-electron chi connectivity index (χ3n) is 2.98. The maximum atomic E-state index is 12.1. The van der Waals surface area contributed by atoms with Crippen LogP contribution in [0.4, 0.5) is 13.2 Å². The largest absolute Gasteiger partial charge is 0.573 e. The lowest BCUT2D eigenvalue weighted by Gasteiger charge is -2.16. The Balaban J connectivity index is 2.10. The summed E-state index contributed by atoms with van der Waals surface area (Å²) in [5, 5.41) is 12.0. The van der Waals surface area contributed by atoms with E-state index in [1.807, 2.05) is 0 Å². The van der Waals surface area contributed by atoms with Crippen molar-refractivity contribution in [3.05, 3.63) is 29.8 Å². The van der Waals surface area contributed by atoms with Crippen LogP contribution < -0.4 is 10.1 Å². The maximum absolute atomic E-state index is 12.1. The van der Waals surface area contributed by atoms with Gasteiger partial charge in [0.05, 0.1) is 0 Å². The lowest BCUT2D eigenvalue weighted by Crippen LogP contribution is -2.30. The Morgan fingerprint density at radius 2 is 2.15 bits per heavy atom. The van der Waals surface area contributed by atoms with Gasteiger partial charge < -0.3 is 15.2 Å². The molecule has 0 spiro atoms. The van der Waals surface area contributed by atoms with Gasteiger partial charge in [-0.15, -0.1) is 13.2 Å². The molecule has 0 amide bonds. The van der Waals surface area contributed by atoms with Crippen LogP contribution >= 0.6 is 0 Å². The summed E-state index contributed by atoms with van der Waals surface area (Å²) in [4.78, 5) is 11.2. The van der Waals surface area contributed by atoms with Crippen LogP contribution in [0.15, 0.2) is 24.3 Å². The third-order valence-corrected chi connectivity index (χ3v) is 2.98. The number of aliphatic carboxylic acids is 1. The van der Waals surface area contributed by atoms with E-state index in [1.165, 1.54) is 12.1 Å². The van der Waals surface area contributed by atoms with E-state index in [4.69, 9.17) is 5.11 Å². The van der Waals surface area contributed by atoms with E-state index < -0.39 is 24.1 Å². The van der Waals surface area contributed by atoms with E-state index in [2.05, 4.69) is 10.1 Å². The number of hydrogen-bond donors (Lipinski definition) is 2. The molecule has 1 saturated carbocycles. The van der Waals surface area contributed by atoms with Crippen LogP contribution in [0.5, 0.6) is 5.75 Å². The summed E-state index contributed by atoms with van der Waals surface area (Å²) in [6, 6.07) is 3.99. The standard InChI is InChI=1S/C13H14F3NO3/c14-13(15,16)20-10-3-1-2-9(6-10)11(12(18)19)17-7-8-4-5-8/h1-3,6,8,11,17H,4-5,7H2,(H,18,19). The zero-order chi connectivity index (χ0) is 14.8. The van der Waals surface area contributed by atoms with Crippen molar-refractivity contribution in [3.63, 3.8) is 0 Å². The summed E-state index contributed by atoms with van der Waals surface area (Å²) < 4.78 is 40.2. The Labute approximate surface area is 113 Å². The molecule has 0 heterocycles. The van der Waals surface area contributed by atoms with Gasteiger partial charge in [-0.05, 0) is 43.0 Å². The molecule has 1 aromatic rings. The molecule has 110 valence electrons. The lowest BCUT2D eigenvalue weighted by molar-refractivity contribution is -0.274. The fourth-order valence-electron chi connectivity index (χ4n) is 1.85. The number of carboxylic acid groups (broad SMARTS) is 1. The van der Waals surface area contributed by atoms with E-state index >= 15 is 0 Å². The summed E-state index contributed by atoms with van der Waals surface area (Å²) in [6.07, 6.45) is -2.69. The number of halogens is 3. The fourth-order valence-corrected chi connectivity index (χ4v) is 1.85. The zero-order valence-electron chi connectivity index (χ0n) is 10.5. The van der Waals surface area contributed by atoms with Crippen molar-refractivity contribution < 1.29 is 27.8 Å². The maximum Gasteiger partial charge on any atom is 0.573 e. The molecule has 0 radical (unpaired) electrons. The van der Waals surface area contributed by atoms with Gasteiger partial charge in [-0.2, -0.15) is 0 Å². The van der Waals surface area contributed by atoms with Gasteiger partial charge in [0.25, 0.3) is 0 Å². The molecule has 1 aliphatic carbocycles. The van der Waals surface area contributed by atoms with Gasteiger partial charge in [-0.25, -0.2) is 0 Å². The van der Waals surface area contributed by atoms with Crippen LogP contribution in [-0.4, -0.2) is 24.0 Å². The van der Waals surface area contributed by atoms with Crippen LogP contribution in [0.25, 0.3) is 0 Å². The minimum absolute atomic E-state index is 0.236. The number of rotatable bonds is 6. The molecule has 2 N–H and O–H groups in total. The van der Waals surface area contributed by atoms with Crippen molar-refractivity contribution in [1.29, 1.82) is 0 Å². The molecule has 7 heteroatoms. The minimum atomic E-state index is -4.79. The first-order chi connectivity index (χ1) is 9.35. The highest BCUT2D eigenvalue weighted by atomic mass is 19.4. The highest BCUT2D eigenvalue weighted by Gasteiger charge is 2.32. The smallest absolute Gasteiger partial charge is 0.480 e. The molecule has 0 saturated heterocycles. The first-order valence-electron chi connectivity index (χ1n) is 6.17. The number of carboxylic acids is 1. The normalized spacial score (nSPS) is 16.8. The zero-order valence-corrected chi connectivity index (χ0v) is 10.5. The predicted molar refractivity (Wildman–Crippen MR) is 64.2 cm³/mol. The highest BCUT2D eigenvalue weighted by Crippen LogP contribution is 2.29. The van der Waals surface area contributed by atoms with Crippen molar-refractivity contribution in [2.45, 2.75) is 25.2 Å². The van der Waals surface area contributed by atoms with Crippen LogP contribution in [0.3, 0.4) is 0 Å². The summed E-state index contributed by atoms with van der Waals surface area (Å²) in [7, 11) is 0. The molecular formula is C13H14F3NO3. The average molecular weight is 289 g/mol. The summed E-state index contributed by atoms with van der Waals surface area (Å²) in [6.45, 7) is 0.543. The Bertz CT molecular complexity index is 486. The van der Waals surface area contributed by atoms with Crippen molar-refractivity contribution in [1.82, 2.24) is 5.32 Å². The molecule has 1 aromatic carbocycles. The molecule has 0 aromatic heterocycles. The number of alkyl halides is 3. The van der Waals surface area contributed by atoms with Gasteiger partial charge in [-0.1, -0.05) is 12.1 Å². The second-order valence-corrected chi connectivity index (χ2v) is 4.74. The number of ether oxygens (including phenoxy) is 1. The van der Waals surface area contributed by atoms with Crippen LogP contribution in [-0.2, 0) is 4.79 Å². The Morgan fingerprint density at radius 3 is 2.70 bits per heavy atom. The predicted octanol–water partition coefficient (Wildman–Crippen LogP) is 2.71. The van der Waals surface area contributed by atoms with E-state index in [1.54, 1.807) is 0 Å². The topological polar surface area (TPSA) is 58.6 Å². The van der Waals surface area contributed by atoms with Gasteiger partial charge in [0.2, 0.25) is 0 Å². The van der Waals surface area contributed by atoms with Crippen molar-refractivity contribution >= 4 is 5.97 Å². The van der Waals surface area contributed by atoms with Crippen LogP contribution in [0.2, 0.25) is 0 Å².